The van der Waals surface area contributed by atoms with Crippen LogP contribution in [-0.4, -0.2) is 35.6 Å². The molecule has 1 aliphatic heterocycles. The highest BCUT2D eigenvalue weighted by atomic mass is 32.2. The molecule has 2 fully saturated rings. The highest BCUT2D eigenvalue weighted by Gasteiger charge is 2.34. The average molecular weight is 339 g/mol. The molecule has 1 N–H and O–H groups in total. The van der Waals surface area contributed by atoms with Gasteiger partial charge in [-0.2, -0.15) is 5.10 Å². The fraction of sp³-hybridized carbons (Fsp3) is 0.750. The molecule has 1 aromatic rings. The Morgan fingerprint density at radius 3 is 2.74 bits per heavy atom. The van der Waals surface area contributed by atoms with E-state index in [1.165, 1.54) is 0 Å². The van der Waals surface area contributed by atoms with Crippen LogP contribution in [0.15, 0.2) is 6.07 Å². The molecular weight excluding hydrogens is 314 g/mol. The fourth-order valence-corrected chi connectivity index (χ4v) is 4.76. The Labute approximate surface area is 137 Å². The predicted molar refractivity (Wildman–Crippen MR) is 89.3 cm³/mol. The second-order valence-electron chi connectivity index (χ2n) is 6.74. The molecule has 3 rings (SSSR count). The molecule has 6 nitrogen and oxygen atoms in total. The van der Waals surface area contributed by atoms with Gasteiger partial charge in [0.05, 0.1) is 23.2 Å². The van der Waals surface area contributed by atoms with Gasteiger partial charge >= 0.3 is 0 Å². The molecule has 2 heterocycles. The van der Waals surface area contributed by atoms with E-state index in [1.807, 2.05) is 6.07 Å². The Morgan fingerprint density at radius 2 is 2.13 bits per heavy atom. The van der Waals surface area contributed by atoms with Crippen LogP contribution in [-0.2, 0) is 14.6 Å². The van der Waals surface area contributed by atoms with Gasteiger partial charge in [0.2, 0.25) is 5.91 Å². The molecule has 1 saturated carbocycles. The third-order valence-corrected chi connectivity index (χ3v) is 6.33. The molecule has 0 bridgehead atoms. The van der Waals surface area contributed by atoms with Crippen LogP contribution in [0.3, 0.4) is 0 Å². The molecule has 1 aromatic heterocycles. The van der Waals surface area contributed by atoms with E-state index in [2.05, 4.69) is 17.3 Å². The number of sulfone groups is 1. The van der Waals surface area contributed by atoms with E-state index >= 15 is 0 Å². The van der Waals surface area contributed by atoms with Crippen molar-refractivity contribution in [3.63, 3.8) is 0 Å². The molecule has 1 aliphatic carbocycles. The number of hydrogen-bond acceptors (Lipinski definition) is 4. The van der Waals surface area contributed by atoms with Crippen molar-refractivity contribution in [2.45, 2.75) is 63.8 Å². The normalized spacial score (nSPS) is 23.1. The monoisotopic (exact) mass is 339 g/mol. The van der Waals surface area contributed by atoms with Crippen LogP contribution in [0.2, 0.25) is 0 Å². The van der Waals surface area contributed by atoms with Gasteiger partial charge in [-0.3, -0.25) is 4.79 Å². The maximum Gasteiger partial charge on any atom is 0.225 e. The number of aromatic nitrogens is 2. The molecule has 128 valence electrons. The van der Waals surface area contributed by atoms with Crippen molar-refractivity contribution in [2.24, 2.45) is 0 Å². The van der Waals surface area contributed by atoms with E-state index in [0.717, 1.165) is 37.8 Å². The summed E-state index contributed by atoms with van der Waals surface area (Å²) < 4.78 is 25.2. The first-order valence-corrected chi connectivity index (χ1v) is 10.4. The summed E-state index contributed by atoms with van der Waals surface area (Å²) in [5.74, 6) is 1.46. The Kier molecular flexibility index (Phi) is 4.75. The number of amides is 1. The van der Waals surface area contributed by atoms with Crippen LogP contribution in [0.25, 0.3) is 0 Å². The summed E-state index contributed by atoms with van der Waals surface area (Å²) in [4.78, 5) is 12.1. The Bertz CT molecular complexity index is 677. The van der Waals surface area contributed by atoms with Crippen molar-refractivity contribution >= 4 is 21.6 Å². The van der Waals surface area contributed by atoms with E-state index < -0.39 is 9.84 Å². The topological polar surface area (TPSA) is 81.1 Å². The summed E-state index contributed by atoms with van der Waals surface area (Å²) in [6.45, 7) is 2.11. The van der Waals surface area contributed by atoms with Crippen molar-refractivity contribution in [3.05, 3.63) is 11.8 Å². The summed E-state index contributed by atoms with van der Waals surface area (Å²) in [6.07, 6.45) is 6.34. The van der Waals surface area contributed by atoms with Crippen molar-refractivity contribution in [1.82, 2.24) is 9.78 Å². The zero-order chi connectivity index (χ0) is 16.4. The molecule has 7 heteroatoms. The lowest BCUT2D eigenvalue weighted by molar-refractivity contribution is -0.116. The van der Waals surface area contributed by atoms with Crippen LogP contribution in [0.5, 0.6) is 0 Å². The van der Waals surface area contributed by atoms with Crippen LogP contribution in [0.1, 0.15) is 69.5 Å². The number of anilines is 1. The van der Waals surface area contributed by atoms with Gasteiger partial charge < -0.3 is 5.32 Å². The summed E-state index contributed by atoms with van der Waals surface area (Å²) in [5, 5.41) is 7.55. The number of rotatable bonds is 7. The number of unbranched alkanes of at least 4 members (excludes halogenated alkanes) is 2. The van der Waals surface area contributed by atoms with Crippen molar-refractivity contribution in [2.75, 3.05) is 16.8 Å². The fourth-order valence-electron chi connectivity index (χ4n) is 3.07. The van der Waals surface area contributed by atoms with E-state index in [-0.39, 0.29) is 23.5 Å². The first-order valence-electron chi connectivity index (χ1n) is 8.58. The van der Waals surface area contributed by atoms with Crippen molar-refractivity contribution in [3.8, 4) is 0 Å². The minimum absolute atomic E-state index is 0.0113. The third kappa shape index (κ3) is 4.13. The minimum Gasteiger partial charge on any atom is -0.311 e. The van der Waals surface area contributed by atoms with Crippen LogP contribution < -0.4 is 5.32 Å². The zero-order valence-electron chi connectivity index (χ0n) is 13.6. The largest absolute Gasteiger partial charge is 0.311 e. The van der Waals surface area contributed by atoms with Crippen LogP contribution in [0, 0.1) is 0 Å². The number of carbonyl (C=O) groups is 1. The predicted octanol–water partition coefficient (Wildman–Crippen LogP) is 2.64. The second kappa shape index (κ2) is 6.63. The first-order chi connectivity index (χ1) is 11.0. The lowest BCUT2D eigenvalue weighted by atomic mass is 10.2. The molecule has 0 aromatic carbocycles. The summed E-state index contributed by atoms with van der Waals surface area (Å²) in [7, 11) is -2.98. The maximum absolute atomic E-state index is 12.1. The van der Waals surface area contributed by atoms with E-state index in [4.69, 9.17) is 0 Å². The van der Waals surface area contributed by atoms with E-state index in [9.17, 15) is 13.2 Å². The Morgan fingerprint density at radius 1 is 1.35 bits per heavy atom. The minimum atomic E-state index is -2.98. The first kappa shape index (κ1) is 16.5. The van der Waals surface area contributed by atoms with E-state index in [0.29, 0.717) is 24.6 Å². The quantitative estimate of drug-likeness (QED) is 0.774. The summed E-state index contributed by atoms with van der Waals surface area (Å²) >= 11 is 0. The molecule has 0 unspecified atom stereocenters. The standard InChI is InChI=1S/C16H25N3O3S/c1-2-3-4-5-16(20)17-15-10-14(12-6-7-12)18-19(15)13-8-9-23(21,22)11-13/h10,12-13H,2-9,11H2,1H3,(H,17,20)/t13-/m1/s1. The van der Waals surface area contributed by atoms with Crippen LogP contribution in [0.4, 0.5) is 5.82 Å². The van der Waals surface area contributed by atoms with Gasteiger partial charge in [0.1, 0.15) is 5.82 Å². The Hall–Kier alpha value is -1.37. The molecule has 2 aliphatic rings. The molecule has 1 amide bonds. The molecule has 1 atom stereocenters. The third-order valence-electron chi connectivity index (χ3n) is 4.58. The number of carbonyl (C=O) groups excluding carboxylic acids is 1. The lowest BCUT2D eigenvalue weighted by Crippen LogP contribution is -2.19. The van der Waals surface area contributed by atoms with Crippen molar-refractivity contribution < 1.29 is 13.2 Å². The average Bonchev–Trinajstić information content (AvgIpc) is 3.16. The number of hydrogen-bond donors (Lipinski definition) is 1. The highest BCUT2D eigenvalue weighted by molar-refractivity contribution is 7.91. The van der Waals surface area contributed by atoms with Crippen LogP contribution >= 0.6 is 0 Å². The smallest absolute Gasteiger partial charge is 0.225 e. The maximum atomic E-state index is 12.1. The molecule has 23 heavy (non-hydrogen) atoms. The van der Waals surface area contributed by atoms with Gasteiger partial charge in [-0.1, -0.05) is 19.8 Å². The van der Waals surface area contributed by atoms with Gasteiger partial charge in [-0.15, -0.1) is 0 Å². The lowest BCUT2D eigenvalue weighted by Gasteiger charge is -2.13. The van der Waals surface area contributed by atoms with E-state index in [1.54, 1.807) is 4.68 Å². The van der Waals surface area contributed by atoms with Gasteiger partial charge in [0.25, 0.3) is 0 Å². The van der Waals surface area contributed by atoms with Gasteiger partial charge in [0, 0.05) is 18.4 Å². The molecule has 1 saturated heterocycles. The Balaban J connectivity index is 1.74. The second-order valence-corrected chi connectivity index (χ2v) is 8.96. The summed E-state index contributed by atoms with van der Waals surface area (Å²) in [6, 6.07) is 1.78. The summed E-state index contributed by atoms with van der Waals surface area (Å²) in [5.41, 5.74) is 0.984. The van der Waals surface area contributed by atoms with Gasteiger partial charge in [-0.05, 0) is 25.7 Å². The molecule has 0 spiro atoms. The zero-order valence-corrected chi connectivity index (χ0v) is 14.4. The van der Waals surface area contributed by atoms with Gasteiger partial charge in [-0.25, -0.2) is 13.1 Å². The number of nitrogens with one attached hydrogen (secondary N) is 1. The van der Waals surface area contributed by atoms with Crippen molar-refractivity contribution in [1.29, 1.82) is 0 Å². The molecular formula is C16H25N3O3S. The SMILES string of the molecule is CCCCCC(=O)Nc1cc(C2CC2)nn1[C@@H]1CCS(=O)(=O)C1. The molecule has 0 radical (unpaired) electrons. The highest BCUT2D eigenvalue weighted by Crippen LogP contribution is 2.41. The van der Waals surface area contributed by atoms with Gasteiger partial charge in [0.15, 0.2) is 9.84 Å². The number of nitrogens with zero attached hydrogens (tertiary/aromatic N) is 2.